The van der Waals surface area contributed by atoms with Crippen molar-refractivity contribution >= 4 is 5.69 Å². The first-order chi connectivity index (χ1) is 9.02. The van der Waals surface area contributed by atoms with Gasteiger partial charge in [-0.1, -0.05) is 25.1 Å². The minimum atomic E-state index is -0.188. The van der Waals surface area contributed by atoms with Gasteiger partial charge in [0, 0.05) is 24.8 Å². The highest BCUT2D eigenvalue weighted by Gasteiger charge is 2.22. The van der Waals surface area contributed by atoms with E-state index in [9.17, 15) is 5.11 Å². The Bertz CT molecular complexity index is 381. The average Bonchev–Trinajstić information content (AvgIpc) is 2.43. The molecule has 3 heteroatoms. The van der Waals surface area contributed by atoms with Crippen molar-refractivity contribution in [2.24, 2.45) is 0 Å². The third-order valence-corrected chi connectivity index (χ3v) is 3.68. The van der Waals surface area contributed by atoms with Gasteiger partial charge in [0.15, 0.2) is 0 Å². The van der Waals surface area contributed by atoms with E-state index in [1.54, 1.807) is 0 Å². The summed E-state index contributed by atoms with van der Waals surface area (Å²) in [4.78, 5) is 2.26. The number of aliphatic hydroxyl groups excluding tert-OH is 1. The molecule has 0 saturated heterocycles. The monoisotopic (exact) mass is 264 g/mol. The lowest BCUT2D eigenvalue weighted by Crippen LogP contribution is -2.48. The summed E-state index contributed by atoms with van der Waals surface area (Å²) in [7, 11) is 2.11. The summed E-state index contributed by atoms with van der Waals surface area (Å²) in [6.45, 7) is 8.42. The average molecular weight is 264 g/mol. The van der Waals surface area contributed by atoms with Gasteiger partial charge in [0.1, 0.15) is 0 Å². The summed E-state index contributed by atoms with van der Waals surface area (Å²) in [5.74, 6) is 0. The molecule has 1 rings (SSSR count). The van der Waals surface area contributed by atoms with Crippen LogP contribution in [0.5, 0.6) is 0 Å². The van der Waals surface area contributed by atoms with Crippen LogP contribution in [0.4, 0.5) is 5.69 Å². The van der Waals surface area contributed by atoms with Crippen LogP contribution in [0.1, 0.15) is 32.3 Å². The Kier molecular flexibility index (Phi) is 6.32. The smallest absolute Gasteiger partial charge is 0.0611 e. The molecule has 0 fully saturated rings. The number of aliphatic hydroxyl groups is 1. The summed E-state index contributed by atoms with van der Waals surface area (Å²) < 4.78 is 0. The van der Waals surface area contributed by atoms with E-state index in [2.05, 4.69) is 62.3 Å². The van der Waals surface area contributed by atoms with Gasteiger partial charge in [-0.15, -0.1) is 0 Å². The molecule has 1 atom stereocenters. The normalized spacial score (nSPS) is 14.2. The Morgan fingerprint density at radius 2 is 2.00 bits per heavy atom. The molecule has 108 valence electrons. The van der Waals surface area contributed by atoms with Crippen molar-refractivity contribution in [2.45, 2.75) is 39.2 Å². The topological polar surface area (TPSA) is 35.5 Å². The number of rotatable bonds is 8. The second-order valence-corrected chi connectivity index (χ2v) is 5.60. The molecule has 1 aromatic carbocycles. The van der Waals surface area contributed by atoms with Crippen LogP contribution in [0.25, 0.3) is 0 Å². The highest BCUT2D eigenvalue weighted by molar-refractivity contribution is 5.52. The van der Waals surface area contributed by atoms with Crippen molar-refractivity contribution in [2.75, 3.05) is 31.6 Å². The fourth-order valence-corrected chi connectivity index (χ4v) is 2.18. The molecule has 0 aliphatic carbocycles. The Balaban J connectivity index is 2.57. The van der Waals surface area contributed by atoms with E-state index >= 15 is 0 Å². The lowest BCUT2D eigenvalue weighted by atomic mass is 9.98. The number of hydrogen-bond acceptors (Lipinski definition) is 3. The first kappa shape index (κ1) is 16.0. The summed E-state index contributed by atoms with van der Waals surface area (Å²) >= 11 is 0. The van der Waals surface area contributed by atoms with E-state index in [4.69, 9.17) is 0 Å². The first-order valence-corrected chi connectivity index (χ1v) is 7.15. The molecule has 0 amide bonds. The lowest BCUT2D eigenvalue weighted by Gasteiger charge is -2.32. The highest BCUT2D eigenvalue weighted by atomic mass is 16.3. The molecule has 19 heavy (non-hydrogen) atoms. The largest absolute Gasteiger partial charge is 0.394 e. The molecular formula is C16H28N2O. The minimum Gasteiger partial charge on any atom is -0.394 e. The summed E-state index contributed by atoms with van der Waals surface area (Å²) in [6, 6.07) is 8.41. The standard InChI is InChI=1S/C16H28N2O/c1-5-11-17-16(3,13-19)10-12-18(4)15-9-7-6-8-14(15)2/h6-9,17,19H,5,10-13H2,1-4H3. The molecule has 1 aromatic rings. The molecule has 2 N–H and O–H groups in total. The molecule has 0 radical (unpaired) electrons. The van der Waals surface area contributed by atoms with Crippen LogP contribution < -0.4 is 10.2 Å². The van der Waals surface area contributed by atoms with Crippen LogP contribution in [-0.2, 0) is 0 Å². The Hall–Kier alpha value is -1.06. The molecule has 0 bridgehead atoms. The Morgan fingerprint density at radius 3 is 2.58 bits per heavy atom. The predicted molar refractivity (Wildman–Crippen MR) is 82.9 cm³/mol. The molecule has 0 saturated carbocycles. The van der Waals surface area contributed by atoms with Gasteiger partial charge in [-0.05, 0) is 44.9 Å². The molecule has 0 heterocycles. The molecular weight excluding hydrogens is 236 g/mol. The number of nitrogens with zero attached hydrogens (tertiary/aromatic N) is 1. The molecule has 1 unspecified atom stereocenters. The van der Waals surface area contributed by atoms with Crippen LogP contribution in [0.15, 0.2) is 24.3 Å². The van der Waals surface area contributed by atoms with E-state index in [1.165, 1.54) is 11.3 Å². The van der Waals surface area contributed by atoms with Gasteiger partial charge in [0.25, 0.3) is 0 Å². The third-order valence-electron chi connectivity index (χ3n) is 3.68. The fraction of sp³-hybridized carbons (Fsp3) is 0.625. The van der Waals surface area contributed by atoms with Crippen LogP contribution in [0.3, 0.4) is 0 Å². The SMILES string of the molecule is CCCNC(C)(CO)CCN(C)c1ccccc1C. The van der Waals surface area contributed by atoms with Crippen LogP contribution in [-0.4, -0.2) is 37.4 Å². The van der Waals surface area contributed by atoms with Crippen molar-refractivity contribution in [1.29, 1.82) is 0 Å². The zero-order valence-electron chi connectivity index (χ0n) is 12.7. The number of nitrogens with one attached hydrogen (secondary N) is 1. The number of para-hydroxylation sites is 1. The summed E-state index contributed by atoms with van der Waals surface area (Å²) in [6.07, 6.45) is 2.01. The van der Waals surface area contributed by atoms with Gasteiger partial charge in [0.05, 0.1) is 6.61 Å². The minimum absolute atomic E-state index is 0.175. The van der Waals surface area contributed by atoms with Gasteiger partial charge in [-0.2, -0.15) is 0 Å². The van der Waals surface area contributed by atoms with Crippen molar-refractivity contribution in [3.63, 3.8) is 0 Å². The van der Waals surface area contributed by atoms with Crippen molar-refractivity contribution < 1.29 is 5.11 Å². The van der Waals surface area contributed by atoms with Crippen LogP contribution in [0.2, 0.25) is 0 Å². The maximum atomic E-state index is 9.57. The predicted octanol–water partition coefficient (Wildman–Crippen LogP) is 2.57. The molecule has 0 spiro atoms. The second kappa shape index (κ2) is 7.51. The van der Waals surface area contributed by atoms with Crippen molar-refractivity contribution in [1.82, 2.24) is 5.32 Å². The maximum Gasteiger partial charge on any atom is 0.0611 e. The fourth-order valence-electron chi connectivity index (χ4n) is 2.18. The molecule has 3 nitrogen and oxygen atoms in total. The van der Waals surface area contributed by atoms with Gasteiger partial charge in [-0.25, -0.2) is 0 Å². The Morgan fingerprint density at radius 1 is 1.32 bits per heavy atom. The lowest BCUT2D eigenvalue weighted by molar-refractivity contribution is 0.168. The number of aryl methyl sites for hydroxylation is 1. The van der Waals surface area contributed by atoms with Crippen molar-refractivity contribution in [3.8, 4) is 0 Å². The first-order valence-electron chi connectivity index (χ1n) is 7.15. The number of hydrogen-bond donors (Lipinski definition) is 2. The van der Waals surface area contributed by atoms with E-state index in [0.29, 0.717) is 0 Å². The Labute approximate surface area is 117 Å². The second-order valence-electron chi connectivity index (χ2n) is 5.60. The zero-order valence-corrected chi connectivity index (χ0v) is 12.7. The molecule has 0 aromatic heterocycles. The van der Waals surface area contributed by atoms with Gasteiger partial charge < -0.3 is 15.3 Å². The van der Waals surface area contributed by atoms with E-state index in [1.807, 2.05) is 0 Å². The van der Waals surface area contributed by atoms with E-state index in [-0.39, 0.29) is 12.1 Å². The molecule has 0 aliphatic rings. The van der Waals surface area contributed by atoms with Crippen LogP contribution >= 0.6 is 0 Å². The maximum absolute atomic E-state index is 9.57. The summed E-state index contributed by atoms with van der Waals surface area (Å²) in [5.41, 5.74) is 2.36. The number of benzene rings is 1. The van der Waals surface area contributed by atoms with E-state index < -0.39 is 0 Å². The molecule has 0 aliphatic heterocycles. The number of anilines is 1. The van der Waals surface area contributed by atoms with E-state index in [0.717, 1.165) is 25.9 Å². The summed E-state index contributed by atoms with van der Waals surface area (Å²) in [5, 5.41) is 13.0. The van der Waals surface area contributed by atoms with Crippen molar-refractivity contribution in [3.05, 3.63) is 29.8 Å². The third kappa shape index (κ3) is 4.84. The highest BCUT2D eigenvalue weighted by Crippen LogP contribution is 2.19. The van der Waals surface area contributed by atoms with Gasteiger partial charge in [-0.3, -0.25) is 0 Å². The van der Waals surface area contributed by atoms with Gasteiger partial charge >= 0.3 is 0 Å². The zero-order chi connectivity index (χ0) is 14.3. The quantitative estimate of drug-likeness (QED) is 0.757. The van der Waals surface area contributed by atoms with Crippen LogP contribution in [0, 0.1) is 6.92 Å². The van der Waals surface area contributed by atoms with Gasteiger partial charge in [0.2, 0.25) is 0 Å².